The Hall–Kier alpha value is -3.22. The number of phenolic OH excluding ortho intramolecular Hbond substituents is 1. The Morgan fingerprint density at radius 1 is 0.963 bits per heavy atom. The summed E-state index contributed by atoms with van der Waals surface area (Å²) in [6.07, 6.45) is 0.00380. The van der Waals surface area contributed by atoms with Crippen molar-refractivity contribution in [1.82, 2.24) is 0 Å². The lowest BCUT2D eigenvalue weighted by molar-refractivity contribution is 0.0914. The third-order valence-electron chi connectivity index (χ3n) is 4.24. The van der Waals surface area contributed by atoms with Crippen molar-refractivity contribution in [2.75, 3.05) is 27.4 Å². The van der Waals surface area contributed by atoms with E-state index in [0.717, 1.165) is 0 Å². The molecule has 0 atom stereocenters. The molecule has 2 aromatic carbocycles. The fourth-order valence-corrected chi connectivity index (χ4v) is 2.86. The second kappa shape index (κ2) is 7.99. The van der Waals surface area contributed by atoms with E-state index in [9.17, 15) is 14.7 Å². The van der Waals surface area contributed by atoms with Gasteiger partial charge in [0.05, 0.1) is 19.8 Å². The molecule has 1 aliphatic rings. The van der Waals surface area contributed by atoms with Crippen LogP contribution in [-0.4, -0.2) is 44.1 Å². The van der Waals surface area contributed by atoms with Crippen molar-refractivity contribution in [2.45, 2.75) is 12.8 Å². The zero-order chi connectivity index (χ0) is 19.4. The number of phenols is 1. The molecule has 0 aliphatic carbocycles. The van der Waals surface area contributed by atoms with Gasteiger partial charge in [-0.2, -0.15) is 0 Å². The molecule has 1 aliphatic heterocycles. The molecule has 2 aromatic rings. The van der Waals surface area contributed by atoms with Gasteiger partial charge in [-0.25, -0.2) is 0 Å². The van der Waals surface area contributed by atoms with Crippen LogP contribution in [0.25, 0.3) is 0 Å². The van der Waals surface area contributed by atoms with E-state index in [2.05, 4.69) is 0 Å². The first-order valence-corrected chi connectivity index (χ1v) is 8.45. The summed E-state index contributed by atoms with van der Waals surface area (Å²) in [5.74, 6) is 0.518. The molecule has 1 heterocycles. The van der Waals surface area contributed by atoms with Crippen LogP contribution in [0.5, 0.6) is 28.7 Å². The molecule has 1 N–H and O–H groups in total. The van der Waals surface area contributed by atoms with Crippen LogP contribution in [0.4, 0.5) is 0 Å². The number of ketones is 2. The Morgan fingerprint density at radius 3 is 2.22 bits per heavy atom. The minimum Gasteiger partial charge on any atom is -0.504 e. The predicted octanol–water partition coefficient (Wildman–Crippen LogP) is 3.03. The van der Waals surface area contributed by atoms with Crippen LogP contribution in [0, 0.1) is 0 Å². The van der Waals surface area contributed by atoms with Crippen molar-refractivity contribution in [3.63, 3.8) is 0 Å². The second-order valence-corrected chi connectivity index (χ2v) is 5.91. The van der Waals surface area contributed by atoms with Gasteiger partial charge in [-0.05, 0) is 30.3 Å². The van der Waals surface area contributed by atoms with E-state index >= 15 is 0 Å². The summed E-state index contributed by atoms with van der Waals surface area (Å²) in [6.45, 7) is 0.587. The van der Waals surface area contributed by atoms with Gasteiger partial charge >= 0.3 is 0 Å². The Bertz CT molecular complexity index is 856. The van der Waals surface area contributed by atoms with Crippen LogP contribution in [0.3, 0.4) is 0 Å². The van der Waals surface area contributed by atoms with Crippen LogP contribution in [0.15, 0.2) is 30.3 Å². The number of aromatic hydroxyl groups is 1. The fourth-order valence-electron chi connectivity index (χ4n) is 2.86. The molecule has 142 valence electrons. The summed E-state index contributed by atoms with van der Waals surface area (Å²) < 4.78 is 21.2. The van der Waals surface area contributed by atoms with E-state index in [1.165, 1.54) is 13.2 Å². The molecule has 0 saturated carbocycles. The molecule has 0 fully saturated rings. The summed E-state index contributed by atoms with van der Waals surface area (Å²) in [7, 11) is 2.95. The number of hydrogen-bond acceptors (Lipinski definition) is 7. The number of rotatable bonds is 7. The number of fused-ring (bicyclic) bond motifs is 1. The van der Waals surface area contributed by atoms with Crippen molar-refractivity contribution in [1.29, 1.82) is 0 Å². The summed E-state index contributed by atoms with van der Waals surface area (Å²) in [5, 5.41) is 10.1. The molecule has 0 aromatic heterocycles. The minimum absolute atomic E-state index is 0.0275. The maximum Gasteiger partial charge on any atom is 0.208 e. The predicted molar refractivity (Wildman–Crippen MR) is 96.5 cm³/mol. The van der Waals surface area contributed by atoms with Crippen molar-refractivity contribution in [3.8, 4) is 28.7 Å². The van der Waals surface area contributed by atoms with E-state index in [1.807, 2.05) is 0 Å². The molecule has 0 radical (unpaired) electrons. The van der Waals surface area contributed by atoms with Crippen molar-refractivity contribution in [3.05, 3.63) is 41.5 Å². The number of ether oxygens (including phenoxy) is 4. The third-order valence-corrected chi connectivity index (χ3v) is 4.24. The molecule has 3 rings (SSSR count). The first kappa shape index (κ1) is 18.6. The van der Waals surface area contributed by atoms with Crippen LogP contribution < -0.4 is 18.9 Å². The molecule has 0 amide bonds. The number of carbonyl (C=O) groups is 2. The van der Waals surface area contributed by atoms with Gasteiger partial charge in [0.1, 0.15) is 19.0 Å². The highest BCUT2D eigenvalue weighted by molar-refractivity contribution is 6.04. The Morgan fingerprint density at radius 2 is 1.59 bits per heavy atom. The average Bonchev–Trinajstić information content (AvgIpc) is 2.71. The number of methoxy groups -OCH3 is 2. The number of Topliss-reactive ketones (excluding diaryl/α,β-unsaturated/α-hetero) is 2. The van der Waals surface area contributed by atoms with Gasteiger partial charge in [-0.15, -0.1) is 0 Å². The highest BCUT2D eigenvalue weighted by Gasteiger charge is 2.27. The summed E-state index contributed by atoms with van der Waals surface area (Å²) in [6, 6.07) is 7.98. The number of benzene rings is 2. The quantitative estimate of drug-likeness (QED) is 0.747. The van der Waals surface area contributed by atoms with E-state index in [0.29, 0.717) is 17.9 Å². The van der Waals surface area contributed by atoms with Gasteiger partial charge < -0.3 is 24.1 Å². The SMILES string of the molecule is COc1ccc(C(=O)CCC(=O)c2cc(O)c3c(c2OC)OCCO3)cc1. The molecule has 0 unspecified atom stereocenters. The Labute approximate surface area is 156 Å². The fraction of sp³-hybridized carbons (Fsp3) is 0.300. The molecule has 0 bridgehead atoms. The molecule has 27 heavy (non-hydrogen) atoms. The standard InChI is InChI=1S/C20H20O7/c1-24-13-5-3-12(4-6-13)15(21)7-8-16(22)14-11-17(23)19-20(18(14)25-2)27-10-9-26-19/h3-6,11,23H,7-10H2,1-2H3. The molecule has 0 saturated heterocycles. The average molecular weight is 372 g/mol. The van der Waals surface area contributed by atoms with Gasteiger partial charge in [0.2, 0.25) is 11.5 Å². The van der Waals surface area contributed by atoms with Crippen LogP contribution in [0.2, 0.25) is 0 Å². The Kier molecular flexibility index (Phi) is 5.49. The lowest BCUT2D eigenvalue weighted by Gasteiger charge is -2.22. The molecule has 0 spiro atoms. The van der Waals surface area contributed by atoms with Crippen molar-refractivity contribution in [2.24, 2.45) is 0 Å². The van der Waals surface area contributed by atoms with Gasteiger partial charge in [-0.3, -0.25) is 9.59 Å². The highest BCUT2D eigenvalue weighted by Crippen LogP contribution is 2.48. The first-order chi connectivity index (χ1) is 13.0. The summed E-state index contributed by atoms with van der Waals surface area (Å²) >= 11 is 0. The topological polar surface area (TPSA) is 91.3 Å². The monoisotopic (exact) mass is 372 g/mol. The second-order valence-electron chi connectivity index (χ2n) is 5.91. The molecular weight excluding hydrogens is 352 g/mol. The molecule has 7 nitrogen and oxygen atoms in total. The van der Waals surface area contributed by atoms with E-state index < -0.39 is 0 Å². The summed E-state index contributed by atoms with van der Waals surface area (Å²) in [5.41, 5.74) is 0.655. The minimum atomic E-state index is -0.332. The van der Waals surface area contributed by atoms with Gasteiger partial charge in [-0.1, -0.05) is 0 Å². The van der Waals surface area contributed by atoms with Crippen molar-refractivity contribution >= 4 is 11.6 Å². The molecular formula is C20H20O7. The van der Waals surface area contributed by atoms with Crippen LogP contribution >= 0.6 is 0 Å². The number of hydrogen-bond donors (Lipinski definition) is 1. The zero-order valence-corrected chi connectivity index (χ0v) is 15.1. The van der Waals surface area contributed by atoms with Crippen LogP contribution in [-0.2, 0) is 0 Å². The maximum atomic E-state index is 12.6. The third kappa shape index (κ3) is 3.81. The van der Waals surface area contributed by atoms with Gasteiger partial charge in [0.15, 0.2) is 23.1 Å². The normalized spacial score (nSPS) is 12.4. The maximum absolute atomic E-state index is 12.6. The van der Waals surface area contributed by atoms with Gasteiger partial charge in [0, 0.05) is 18.4 Å². The smallest absolute Gasteiger partial charge is 0.208 e. The number of carbonyl (C=O) groups excluding carboxylic acids is 2. The van der Waals surface area contributed by atoms with E-state index in [-0.39, 0.29) is 59.6 Å². The first-order valence-electron chi connectivity index (χ1n) is 8.45. The van der Waals surface area contributed by atoms with E-state index in [1.54, 1.807) is 31.4 Å². The molecule has 7 heteroatoms. The van der Waals surface area contributed by atoms with Gasteiger partial charge in [0.25, 0.3) is 0 Å². The van der Waals surface area contributed by atoms with Crippen molar-refractivity contribution < 1.29 is 33.6 Å². The lowest BCUT2D eigenvalue weighted by atomic mass is 10.00. The Balaban J connectivity index is 1.75. The highest BCUT2D eigenvalue weighted by atomic mass is 16.6. The lowest BCUT2D eigenvalue weighted by Crippen LogP contribution is -2.17. The van der Waals surface area contributed by atoms with E-state index in [4.69, 9.17) is 18.9 Å². The largest absolute Gasteiger partial charge is 0.504 e. The van der Waals surface area contributed by atoms with Crippen LogP contribution in [0.1, 0.15) is 33.6 Å². The zero-order valence-electron chi connectivity index (χ0n) is 15.1. The summed E-state index contributed by atoms with van der Waals surface area (Å²) in [4.78, 5) is 25.0.